The number of aryl methyl sites for hydroxylation is 1. The molecule has 27 heavy (non-hydrogen) atoms. The highest BCUT2D eigenvalue weighted by Crippen LogP contribution is 2.35. The molecule has 0 aliphatic heterocycles. The van der Waals surface area contributed by atoms with Crippen molar-refractivity contribution in [2.45, 2.75) is 13.8 Å². The van der Waals surface area contributed by atoms with Crippen molar-refractivity contribution < 1.29 is 14.6 Å². The van der Waals surface area contributed by atoms with Crippen molar-refractivity contribution in [3.05, 3.63) is 69.7 Å². The van der Waals surface area contributed by atoms with Crippen molar-refractivity contribution >= 4 is 38.8 Å². The number of aromatic hydroxyl groups is 1. The summed E-state index contributed by atoms with van der Waals surface area (Å²) in [7, 11) is 0. The van der Waals surface area contributed by atoms with E-state index in [-0.39, 0.29) is 11.7 Å². The molecule has 0 saturated heterocycles. The molecule has 0 unspecified atom stereocenters. The lowest BCUT2D eigenvalue weighted by Crippen LogP contribution is -2.19. The van der Waals surface area contributed by atoms with Crippen molar-refractivity contribution in [2.24, 2.45) is 5.10 Å². The molecular formula is C21H19BrN2O3. The van der Waals surface area contributed by atoms with E-state index in [0.29, 0.717) is 28.0 Å². The number of fused-ring (bicyclic) bond motifs is 1. The number of phenols is 1. The smallest absolute Gasteiger partial charge is 0.272 e. The zero-order valence-electron chi connectivity index (χ0n) is 15.0. The van der Waals surface area contributed by atoms with E-state index in [0.717, 1.165) is 16.3 Å². The molecule has 6 heteroatoms. The highest BCUT2D eigenvalue weighted by Gasteiger charge is 2.13. The van der Waals surface area contributed by atoms with Gasteiger partial charge in [-0.25, -0.2) is 5.43 Å². The highest BCUT2D eigenvalue weighted by molar-refractivity contribution is 9.10. The predicted molar refractivity (Wildman–Crippen MR) is 111 cm³/mol. The quantitative estimate of drug-likeness (QED) is 0.455. The third-order valence-corrected chi connectivity index (χ3v) is 4.70. The van der Waals surface area contributed by atoms with Crippen molar-refractivity contribution in [3.8, 4) is 11.5 Å². The normalized spacial score (nSPS) is 11.1. The molecule has 3 aromatic rings. The second-order valence-electron chi connectivity index (χ2n) is 5.96. The van der Waals surface area contributed by atoms with Crippen LogP contribution in [-0.4, -0.2) is 23.8 Å². The lowest BCUT2D eigenvalue weighted by atomic mass is 9.99. The lowest BCUT2D eigenvalue weighted by Gasteiger charge is -2.09. The highest BCUT2D eigenvalue weighted by atomic mass is 79.9. The number of ether oxygens (including phenoxy) is 1. The molecule has 0 heterocycles. The lowest BCUT2D eigenvalue weighted by molar-refractivity contribution is 0.0956. The van der Waals surface area contributed by atoms with Gasteiger partial charge in [0.1, 0.15) is 0 Å². The average molecular weight is 427 g/mol. The second kappa shape index (κ2) is 8.22. The van der Waals surface area contributed by atoms with Gasteiger partial charge in [0.05, 0.1) is 22.9 Å². The second-order valence-corrected chi connectivity index (χ2v) is 6.81. The van der Waals surface area contributed by atoms with Gasteiger partial charge in [-0.1, -0.05) is 36.4 Å². The zero-order chi connectivity index (χ0) is 19.4. The molecule has 0 fully saturated rings. The van der Waals surface area contributed by atoms with E-state index in [2.05, 4.69) is 26.5 Å². The minimum Gasteiger partial charge on any atom is -0.503 e. The number of hydrazone groups is 1. The zero-order valence-corrected chi connectivity index (χ0v) is 16.6. The molecule has 0 bridgehead atoms. The number of carbonyl (C=O) groups is 1. The summed E-state index contributed by atoms with van der Waals surface area (Å²) in [4.78, 5) is 12.7. The van der Waals surface area contributed by atoms with Gasteiger partial charge in [0.2, 0.25) is 0 Å². The van der Waals surface area contributed by atoms with Crippen LogP contribution in [0.25, 0.3) is 10.8 Å². The number of halogens is 1. The molecule has 0 radical (unpaired) electrons. The fourth-order valence-electron chi connectivity index (χ4n) is 2.84. The molecule has 0 spiro atoms. The van der Waals surface area contributed by atoms with Crippen LogP contribution in [0.15, 0.2) is 58.1 Å². The summed E-state index contributed by atoms with van der Waals surface area (Å²) in [6, 6.07) is 15.0. The Balaban J connectivity index is 1.83. The third kappa shape index (κ3) is 4.11. The van der Waals surface area contributed by atoms with Crippen LogP contribution in [0.2, 0.25) is 0 Å². The Morgan fingerprint density at radius 2 is 2.04 bits per heavy atom. The van der Waals surface area contributed by atoms with Gasteiger partial charge in [0.25, 0.3) is 5.91 Å². The van der Waals surface area contributed by atoms with E-state index >= 15 is 0 Å². The van der Waals surface area contributed by atoms with E-state index < -0.39 is 0 Å². The van der Waals surface area contributed by atoms with Crippen molar-refractivity contribution in [2.75, 3.05) is 6.61 Å². The van der Waals surface area contributed by atoms with Crippen LogP contribution in [0, 0.1) is 6.92 Å². The maximum atomic E-state index is 12.7. The fraction of sp³-hybridized carbons (Fsp3) is 0.143. The molecule has 0 aliphatic rings. The van der Waals surface area contributed by atoms with Gasteiger partial charge in [-0.3, -0.25) is 4.79 Å². The number of benzene rings is 3. The fourth-order valence-corrected chi connectivity index (χ4v) is 3.30. The van der Waals surface area contributed by atoms with E-state index in [1.165, 1.54) is 6.21 Å². The average Bonchev–Trinajstić information content (AvgIpc) is 2.65. The summed E-state index contributed by atoms with van der Waals surface area (Å²) < 4.78 is 5.88. The third-order valence-electron chi connectivity index (χ3n) is 4.09. The number of nitrogens with zero attached hydrogens (tertiary/aromatic N) is 1. The Morgan fingerprint density at radius 1 is 1.26 bits per heavy atom. The number of phenolic OH excluding ortho intramolecular Hbond substituents is 1. The van der Waals surface area contributed by atoms with Crippen LogP contribution < -0.4 is 10.2 Å². The topological polar surface area (TPSA) is 70.9 Å². The van der Waals surface area contributed by atoms with Crippen LogP contribution >= 0.6 is 15.9 Å². The molecular weight excluding hydrogens is 408 g/mol. The standard InChI is InChI=1S/C21H19BrN2O3/c1-3-27-18-11-14(10-17(22)20(18)25)12-23-24-21(26)19-13(2)8-9-15-6-4-5-7-16(15)19/h4-12,25H,3H2,1-2H3,(H,24,26)/b23-12-. The number of carbonyl (C=O) groups excluding carboxylic acids is 1. The Hall–Kier alpha value is -2.86. The Labute approximate surface area is 165 Å². The van der Waals surface area contributed by atoms with Crippen LogP contribution in [0.1, 0.15) is 28.4 Å². The van der Waals surface area contributed by atoms with Gasteiger partial charge in [0, 0.05) is 0 Å². The van der Waals surface area contributed by atoms with Crippen LogP contribution in [-0.2, 0) is 0 Å². The van der Waals surface area contributed by atoms with Gasteiger partial charge >= 0.3 is 0 Å². The van der Waals surface area contributed by atoms with Gasteiger partial charge in [-0.05, 0) is 63.8 Å². The summed E-state index contributed by atoms with van der Waals surface area (Å²) >= 11 is 3.28. The maximum Gasteiger partial charge on any atom is 0.272 e. The Kier molecular flexibility index (Phi) is 5.76. The molecule has 5 nitrogen and oxygen atoms in total. The van der Waals surface area contributed by atoms with E-state index in [1.807, 2.05) is 50.2 Å². The molecule has 1 amide bonds. The molecule has 0 atom stereocenters. The number of nitrogens with one attached hydrogen (secondary N) is 1. The van der Waals surface area contributed by atoms with Gasteiger partial charge < -0.3 is 9.84 Å². The largest absolute Gasteiger partial charge is 0.503 e. The van der Waals surface area contributed by atoms with Crippen LogP contribution in [0.4, 0.5) is 0 Å². The SMILES string of the molecule is CCOc1cc(/C=N\NC(=O)c2c(C)ccc3ccccc23)cc(Br)c1O. The van der Waals surface area contributed by atoms with Crippen molar-refractivity contribution in [3.63, 3.8) is 0 Å². The number of amides is 1. The van der Waals surface area contributed by atoms with Crippen LogP contribution in [0.5, 0.6) is 11.5 Å². The molecule has 0 saturated carbocycles. The summed E-state index contributed by atoms with van der Waals surface area (Å²) in [6.07, 6.45) is 1.51. The number of hydrogen-bond acceptors (Lipinski definition) is 4. The Bertz CT molecular complexity index is 1030. The van der Waals surface area contributed by atoms with Crippen LogP contribution in [0.3, 0.4) is 0 Å². The first-order chi connectivity index (χ1) is 13.0. The summed E-state index contributed by atoms with van der Waals surface area (Å²) in [6.45, 7) is 4.16. The molecule has 3 aromatic carbocycles. The summed E-state index contributed by atoms with van der Waals surface area (Å²) in [5, 5.41) is 15.9. The minimum absolute atomic E-state index is 0.0319. The van der Waals surface area contributed by atoms with Gasteiger partial charge in [-0.2, -0.15) is 5.10 Å². The van der Waals surface area contributed by atoms with E-state index in [1.54, 1.807) is 12.1 Å². The van der Waals surface area contributed by atoms with Gasteiger partial charge in [0.15, 0.2) is 11.5 Å². The molecule has 0 aliphatic carbocycles. The first kappa shape index (κ1) is 18.9. The first-order valence-electron chi connectivity index (χ1n) is 8.48. The maximum absolute atomic E-state index is 12.7. The summed E-state index contributed by atoms with van der Waals surface area (Å²) in [5.74, 6) is 0.109. The molecule has 2 N–H and O–H groups in total. The molecule has 138 valence electrons. The van der Waals surface area contributed by atoms with E-state index in [4.69, 9.17) is 4.74 Å². The van der Waals surface area contributed by atoms with Crippen molar-refractivity contribution in [1.29, 1.82) is 0 Å². The molecule has 0 aromatic heterocycles. The summed E-state index contributed by atoms with van der Waals surface area (Å²) in [5.41, 5.74) is 4.74. The number of hydrogen-bond donors (Lipinski definition) is 2. The van der Waals surface area contributed by atoms with Gasteiger partial charge in [-0.15, -0.1) is 0 Å². The monoisotopic (exact) mass is 426 g/mol. The molecule has 3 rings (SSSR count). The predicted octanol–water partition coefficient (Wildman–Crippen LogP) is 4.78. The number of rotatable bonds is 5. The first-order valence-corrected chi connectivity index (χ1v) is 9.27. The Morgan fingerprint density at radius 3 is 2.81 bits per heavy atom. The minimum atomic E-state index is -0.275. The van der Waals surface area contributed by atoms with Crippen molar-refractivity contribution in [1.82, 2.24) is 5.43 Å². The van der Waals surface area contributed by atoms with E-state index in [9.17, 15) is 9.90 Å².